The fraction of sp³-hybridized carbons (Fsp3) is 0.552. The Kier molecular flexibility index (Phi) is 8.49. The average molecular weight is 508 g/mol. The number of nitrogens with zero attached hydrogens (tertiary/aromatic N) is 3. The first kappa shape index (κ1) is 27.1. The number of pyridine rings is 1. The van der Waals surface area contributed by atoms with E-state index in [1.165, 1.54) is 12.8 Å². The van der Waals surface area contributed by atoms with Gasteiger partial charge in [0.1, 0.15) is 11.9 Å². The van der Waals surface area contributed by atoms with Crippen molar-refractivity contribution in [2.75, 3.05) is 13.1 Å². The highest BCUT2D eigenvalue weighted by Gasteiger charge is 2.24. The summed E-state index contributed by atoms with van der Waals surface area (Å²) in [5, 5.41) is 6.91. The van der Waals surface area contributed by atoms with E-state index < -0.39 is 0 Å². The molecule has 2 atom stereocenters. The predicted octanol–water partition coefficient (Wildman–Crippen LogP) is 3.78. The van der Waals surface area contributed by atoms with Crippen LogP contribution in [0.25, 0.3) is 22.4 Å². The summed E-state index contributed by atoms with van der Waals surface area (Å²) in [6.07, 6.45) is 4.10. The summed E-state index contributed by atoms with van der Waals surface area (Å²) in [5.74, 6) is 1.30. The Balaban J connectivity index is 1.67. The van der Waals surface area contributed by atoms with Crippen molar-refractivity contribution in [3.8, 4) is 11.4 Å². The molecule has 4 rings (SSSR count). The molecule has 0 radical (unpaired) electrons. The fourth-order valence-corrected chi connectivity index (χ4v) is 5.15. The number of esters is 1. The maximum Gasteiger partial charge on any atom is 0.323 e. The molecule has 3 heterocycles. The molecule has 0 aliphatic carbocycles. The van der Waals surface area contributed by atoms with Crippen LogP contribution >= 0.6 is 0 Å². The lowest BCUT2D eigenvalue weighted by molar-refractivity contribution is -0.151. The lowest BCUT2D eigenvalue weighted by Gasteiger charge is -2.24. The molecule has 0 saturated carbocycles. The summed E-state index contributed by atoms with van der Waals surface area (Å²) in [5.41, 5.74) is 4.70. The molecule has 3 aromatic rings. The van der Waals surface area contributed by atoms with Crippen LogP contribution in [0.5, 0.6) is 0 Å². The Morgan fingerprint density at radius 1 is 1.24 bits per heavy atom. The SMILES string of the molecule is Cc1cc(-c2nc3cc(CNC(C(=O)OC(C)C)C(C)C)ccc3n2CC2CCCNC2)cn(C)c1=O. The predicted molar refractivity (Wildman–Crippen MR) is 147 cm³/mol. The summed E-state index contributed by atoms with van der Waals surface area (Å²) in [6, 6.07) is 7.90. The van der Waals surface area contributed by atoms with Gasteiger partial charge in [0.25, 0.3) is 5.56 Å². The first-order chi connectivity index (χ1) is 17.6. The maximum atomic E-state index is 12.6. The Morgan fingerprint density at radius 2 is 2.03 bits per heavy atom. The number of piperidine rings is 1. The Morgan fingerprint density at radius 3 is 2.68 bits per heavy atom. The average Bonchev–Trinajstić information content (AvgIpc) is 3.19. The summed E-state index contributed by atoms with van der Waals surface area (Å²) >= 11 is 0. The summed E-state index contributed by atoms with van der Waals surface area (Å²) in [4.78, 5) is 30.0. The Bertz CT molecular complexity index is 1270. The Labute approximate surface area is 219 Å². The molecule has 0 amide bonds. The molecule has 2 aromatic heterocycles. The normalized spacial score (nSPS) is 17.0. The van der Waals surface area contributed by atoms with Crippen LogP contribution in [0, 0.1) is 18.8 Å². The van der Waals surface area contributed by atoms with E-state index in [1.807, 2.05) is 46.9 Å². The summed E-state index contributed by atoms with van der Waals surface area (Å²) < 4.78 is 9.39. The van der Waals surface area contributed by atoms with E-state index in [-0.39, 0.29) is 29.6 Å². The van der Waals surface area contributed by atoms with Crippen LogP contribution in [0.4, 0.5) is 0 Å². The quantitative estimate of drug-likeness (QED) is 0.429. The van der Waals surface area contributed by atoms with Crippen LogP contribution in [-0.2, 0) is 29.7 Å². The van der Waals surface area contributed by atoms with E-state index in [0.717, 1.165) is 47.6 Å². The monoisotopic (exact) mass is 507 g/mol. The van der Waals surface area contributed by atoms with Crippen molar-refractivity contribution in [2.45, 2.75) is 72.7 Å². The molecule has 8 nitrogen and oxygen atoms in total. The molecule has 37 heavy (non-hydrogen) atoms. The number of carbonyl (C=O) groups is 1. The van der Waals surface area contributed by atoms with Gasteiger partial charge in [0.05, 0.1) is 17.1 Å². The van der Waals surface area contributed by atoms with Crippen molar-refractivity contribution < 1.29 is 9.53 Å². The van der Waals surface area contributed by atoms with Crippen molar-refractivity contribution in [3.05, 3.63) is 51.9 Å². The number of imidazole rings is 1. The largest absolute Gasteiger partial charge is 0.462 e. The first-order valence-corrected chi connectivity index (χ1v) is 13.5. The van der Waals surface area contributed by atoms with Gasteiger partial charge < -0.3 is 24.5 Å². The number of nitrogens with one attached hydrogen (secondary N) is 2. The van der Waals surface area contributed by atoms with Gasteiger partial charge in [0.2, 0.25) is 0 Å². The third-order valence-electron chi connectivity index (χ3n) is 7.07. The molecule has 1 aliphatic heterocycles. The van der Waals surface area contributed by atoms with Gasteiger partial charge in [-0.2, -0.15) is 0 Å². The number of ether oxygens (including phenoxy) is 1. The molecule has 0 spiro atoms. The smallest absolute Gasteiger partial charge is 0.323 e. The second-order valence-corrected chi connectivity index (χ2v) is 11.0. The second kappa shape index (κ2) is 11.6. The first-order valence-electron chi connectivity index (χ1n) is 13.5. The molecular formula is C29H41N5O3. The van der Waals surface area contributed by atoms with Gasteiger partial charge in [-0.05, 0) is 82.3 Å². The highest BCUT2D eigenvalue weighted by Crippen LogP contribution is 2.28. The van der Waals surface area contributed by atoms with E-state index in [2.05, 4.69) is 33.4 Å². The molecule has 0 bridgehead atoms. The van der Waals surface area contributed by atoms with Crippen LogP contribution in [0.3, 0.4) is 0 Å². The highest BCUT2D eigenvalue weighted by molar-refractivity contribution is 5.81. The zero-order valence-corrected chi connectivity index (χ0v) is 23.0. The lowest BCUT2D eigenvalue weighted by Crippen LogP contribution is -2.42. The van der Waals surface area contributed by atoms with Gasteiger partial charge in [-0.3, -0.25) is 9.59 Å². The zero-order valence-electron chi connectivity index (χ0n) is 23.0. The standard InChI is InChI=1S/C29H41N5O3/c1-18(2)26(29(36)37-19(3)4)31-15-21-9-10-25-24(13-21)32-27(23-12-20(5)28(35)33(6)17-23)34(25)16-22-8-7-11-30-14-22/h9-10,12-13,17-19,22,26,30-31H,7-8,11,14-16H2,1-6H3. The second-order valence-electron chi connectivity index (χ2n) is 11.0. The number of aryl methyl sites for hydroxylation is 2. The molecule has 8 heteroatoms. The van der Waals surface area contributed by atoms with E-state index in [4.69, 9.17) is 9.72 Å². The van der Waals surface area contributed by atoms with Crippen LogP contribution in [0.2, 0.25) is 0 Å². The van der Waals surface area contributed by atoms with Crippen molar-refractivity contribution in [3.63, 3.8) is 0 Å². The minimum absolute atomic E-state index is 0.00644. The zero-order chi connectivity index (χ0) is 26.7. The molecule has 1 fully saturated rings. The molecule has 2 N–H and O–H groups in total. The topological polar surface area (TPSA) is 90.2 Å². The highest BCUT2D eigenvalue weighted by atomic mass is 16.5. The van der Waals surface area contributed by atoms with Gasteiger partial charge in [0, 0.05) is 37.5 Å². The molecule has 200 valence electrons. The third-order valence-corrected chi connectivity index (χ3v) is 7.07. The third kappa shape index (κ3) is 6.30. The number of benzene rings is 1. The lowest BCUT2D eigenvalue weighted by atomic mass is 9.99. The number of hydrogen-bond acceptors (Lipinski definition) is 6. The van der Waals surface area contributed by atoms with Crippen molar-refractivity contribution >= 4 is 17.0 Å². The van der Waals surface area contributed by atoms with Crippen LogP contribution in [-0.4, -0.2) is 45.3 Å². The van der Waals surface area contributed by atoms with Gasteiger partial charge in [0.15, 0.2) is 0 Å². The van der Waals surface area contributed by atoms with Crippen LogP contribution in [0.15, 0.2) is 35.3 Å². The minimum atomic E-state index is -0.376. The maximum absolute atomic E-state index is 12.6. The van der Waals surface area contributed by atoms with Crippen molar-refractivity contribution in [2.24, 2.45) is 18.9 Å². The molecule has 1 aromatic carbocycles. The molecular weight excluding hydrogens is 466 g/mol. The molecule has 1 saturated heterocycles. The van der Waals surface area contributed by atoms with Gasteiger partial charge in [-0.1, -0.05) is 19.9 Å². The number of hydrogen-bond donors (Lipinski definition) is 2. The van der Waals surface area contributed by atoms with E-state index in [0.29, 0.717) is 18.0 Å². The number of carbonyl (C=O) groups excluding carboxylic acids is 1. The van der Waals surface area contributed by atoms with E-state index in [1.54, 1.807) is 11.6 Å². The number of rotatable bonds is 9. The van der Waals surface area contributed by atoms with Gasteiger partial charge >= 0.3 is 5.97 Å². The van der Waals surface area contributed by atoms with Gasteiger partial charge in [-0.15, -0.1) is 0 Å². The van der Waals surface area contributed by atoms with Gasteiger partial charge in [-0.25, -0.2) is 4.98 Å². The summed E-state index contributed by atoms with van der Waals surface area (Å²) in [6.45, 7) is 13.1. The van der Waals surface area contributed by atoms with Crippen LogP contribution in [0.1, 0.15) is 51.7 Å². The number of fused-ring (bicyclic) bond motifs is 1. The van der Waals surface area contributed by atoms with Crippen LogP contribution < -0.4 is 16.2 Å². The Hall–Kier alpha value is -2.97. The fourth-order valence-electron chi connectivity index (χ4n) is 5.15. The van der Waals surface area contributed by atoms with E-state index >= 15 is 0 Å². The van der Waals surface area contributed by atoms with E-state index in [9.17, 15) is 9.59 Å². The molecule has 1 aliphatic rings. The molecule has 2 unspecified atom stereocenters. The summed E-state index contributed by atoms with van der Waals surface area (Å²) in [7, 11) is 1.79. The number of aromatic nitrogens is 3. The van der Waals surface area contributed by atoms with Crippen molar-refractivity contribution in [1.29, 1.82) is 0 Å². The van der Waals surface area contributed by atoms with Crippen molar-refractivity contribution in [1.82, 2.24) is 24.8 Å². The minimum Gasteiger partial charge on any atom is -0.462 e.